The second-order valence-corrected chi connectivity index (χ2v) is 6.17. The molecule has 6 heteroatoms. The van der Waals surface area contributed by atoms with Crippen LogP contribution in [0.2, 0.25) is 0 Å². The molecule has 0 saturated carbocycles. The fraction of sp³-hybridized carbons (Fsp3) is 0.200. The van der Waals surface area contributed by atoms with Crippen LogP contribution in [-0.4, -0.2) is 20.9 Å². The van der Waals surface area contributed by atoms with Crippen LogP contribution < -0.4 is 10.6 Å². The van der Waals surface area contributed by atoms with E-state index in [0.717, 1.165) is 22.5 Å². The first-order valence-electron chi connectivity index (χ1n) is 8.39. The number of anilines is 2. The minimum Gasteiger partial charge on any atom is -0.349 e. The van der Waals surface area contributed by atoms with Crippen LogP contribution >= 0.6 is 0 Å². The molecule has 0 spiro atoms. The molecule has 132 valence electrons. The summed E-state index contributed by atoms with van der Waals surface area (Å²) < 4.78 is 0. The van der Waals surface area contributed by atoms with Crippen molar-refractivity contribution in [3.8, 4) is 0 Å². The Hall–Kier alpha value is -3.28. The number of aromatic nitrogens is 3. The molecule has 0 saturated heterocycles. The fourth-order valence-corrected chi connectivity index (χ4v) is 2.58. The van der Waals surface area contributed by atoms with E-state index in [9.17, 15) is 4.79 Å². The van der Waals surface area contributed by atoms with Crippen molar-refractivity contribution >= 4 is 17.5 Å². The van der Waals surface area contributed by atoms with Crippen molar-refractivity contribution in [3.63, 3.8) is 0 Å². The lowest BCUT2D eigenvalue weighted by atomic mass is 10.1. The zero-order valence-corrected chi connectivity index (χ0v) is 15.1. The Labute approximate surface area is 152 Å². The number of carbonyl (C=O) groups is 1. The second-order valence-electron chi connectivity index (χ2n) is 6.17. The summed E-state index contributed by atoms with van der Waals surface area (Å²) in [5.41, 5.74) is 4.85. The third-order valence-corrected chi connectivity index (χ3v) is 3.87. The fourth-order valence-electron chi connectivity index (χ4n) is 2.58. The maximum absolute atomic E-state index is 12.6. The minimum atomic E-state index is -0.261. The van der Waals surface area contributed by atoms with Gasteiger partial charge in [-0.15, -0.1) is 0 Å². The van der Waals surface area contributed by atoms with Crippen molar-refractivity contribution in [2.45, 2.75) is 27.3 Å². The zero-order chi connectivity index (χ0) is 18.5. The molecule has 2 N–H and O–H groups in total. The summed E-state index contributed by atoms with van der Waals surface area (Å²) >= 11 is 0. The Morgan fingerprint density at radius 3 is 2.62 bits per heavy atom. The molecule has 0 radical (unpaired) electrons. The minimum absolute atomic E-state index is 0.261. The summed E-state index contributed by atoms with van der Waals surface area (Å²) in [6.45, 7) is 6.31. The van der Waals surface area contributed by atoms with Crippen LogP contribution in [0.25, 0.3) is 0 Å². The van der Waals surface area contributed by atoms with Gasteiger partial charge in [0.25, 0.3) is 5.91 Å². The number of rotatable bonds is 5. The number of aryl methyl sites for hydroxylation is 3. The summed E-state index contributed by atoms with van der Waals surface area (Å²) in [6.07, 6.45) is 1.73. The van der Waals surface area contributed by atoms with Gasteiger partial charge in [-0.05, 0) is 50.6 Å². The molecule has 3 rings (SSSR count). The zero-order valence-electron chi connectivity index (χ0n) is 15.1. The molecule has 2 heterocycles. The number of hydrogen-bond acceptors (Lipinski definition) is 5. The highest BCUT2D eigenvalue weighted by Crippen LogP contribution is 2.17. The van der Waals surface area contributed by atoms with Gasteiger partial charge in [-0.2, -0.15) is 0 Å². The predicted molar refractivity (Wildman–Crippen MR) is 102 cm³/mol. The standard InChI is InChI=1S/C20H21N5O/c1-13-7-8-17(14(2)10-13)24-19(26)18-11-15(3)23-20(25-18)22-12-16-6-4-5-9-21-16/h4-11H,12H2,1-3H3,(H,24,26)(H,22,23,25). The lowest BCUT2D eigenvalue weighted by Gasteiger charge is -2.10. The molecule has 0 bridgehead atoms. The van der Waals surface area contributed by atoms with Gasteiger partial charge in [0, 0.05) is 17.6 Å². The Morgan fingerprint density at radius 1 is 1.04 bits per heavy atom. The number of pyridine rings is 1. The van der Waals surface area contributed by atoms with Gasteiger partial charge in [0.05, 0.1) is 12.2 Å². The smallest absolute Gasteiger partial charge is 0.274 e. The lowest BCUT2D eigenvalue weighted by molar-refractivity contribution is 0.102. The molecule has 2 aromatic heterocycles. The number of benzene rings is 1. The molecular weight excluding hydrogens is 326 g/mol. The summed E-state index contributed by atoms with van der Waals surface area (Å²) in [6, 6.07) is 13.3. The number of carbonyl (C=O) groups excluding carboxylic acids is 1. The Morgan fingerprint density at radius 2 is 1.88 bits per heavy atom. The van der Waals surface area contributed by atoms with Crippen LogP contribution in [0.4, 0.5) is 11.6 Å². The summed E-state index contributed by atoms with van der Waals surface area (Å²) in [7, 11) is 0. The van der Waals surface area contributed by atoms with Gasteiger partial charge < -0.3 is 10.6 Å². The summed E-state index contributed by atoms with van der Waals surface area (Å²) in [5.74, 6) is 0.143. The van der Waals surface area contributed by atoms with E-state index in [0.29, 0.717) is 23.9 Å². The topological polar surface area (TPSA) is 79.8 Å². The van der Waals surface area contributed by atoms with Crippen LogP contribution in [0.5, 0.6) is 0 Å². The highest BCUT2D eigenvalue weighted by molar-refractivity contribution is 6.03. The van der Waals surface area contributed by atoms with Gasteiger partial charge in [0.15, 0.2) is 0 Å². The Bertz CT molecular complexity index is 925. The number of nitrogens with zero attached hydrogens (tertiary/aromatic N) is 3. The van der Waals surface area contributed by atoms with Crippen LogP contribution in [0.3, 0.4) is 0 Å². The van der Waals surface area contributed by atoms with E-state index in [-0.39, 0.29) is 5.91 Å². The predicted octanol–water partition coefficient (Wildman–Crippen LogP) is 3.66. The normalized spacial score (nSPS) is 10.4. The molecule has 0 fully saturated rings. The van der Waals surface area contributed by atoms with Gasteiger partial charge in [-0.1, -0.05) is 23.8 Å². The molecule has 0 atom stereocenters. The van der Waals surface area contributed by atoms with Gasteiger partial charge >= 0.3 is 0 Å². The van der Waals surface area contributed by atoms with E-state index >= 15 is 0 Å². The molecule has 26 heavy (non-hydrogen) atoms. The third-order valence-electron chi connectivity index (χ3n) is 3.87. The molecule has 0 aliphatic carbocycles. The SMILES string of the molecule is Cc1ccc(NC(=O)c2cc(C)nc(NCc3ccccn3)n2)c(C)c1. The van der Waals surface area contributed by atoms with E-state index in [1.807, 2.05) is 57.2 Å². The molecule has 0 aliphatic rings. The maximum Gasteiger partial charge on any atom is 0.274 e. The molecular formula is C20H21N5O. The monoisotopic (exact) mass is 347 g/mol. The first kappa shape index (κ1) is 17.5. The van der Waals surface area contributed by atoms with Gasteiger partial charge in [-0.25, -0.2) is 9.97 Å². The molecule has 1 aromatic carbocycles. The average molecular weight is 347 g/mol. The highest BCUT2D eigenvalue weighted by atomic mass is 16.1. The van der Waals surface area contributed by atoms with E-state index in [1.54, 1.807) is 12.3 Å². The Kier molecular flexibility index (Phi) is 5.22. The van der Waals surface area contributed by atoms with Crippen LogP contribution in [0.15, 0.2) is 48.7 Å². The molecule has 6 nitrogen and oxygen atoms in total. The van der Waals surface area contributed by atoms with Crippen LogP contribution in [0, 0.1) is 20.8 Å². The van der Waals surface area contributed by atoms with Crippen molar-refractivity contribution in [2.75, 3.05) is 10.6 Å². The average Bonchev–Trinajstić information content (AvgIpc) is 2.63. The van der Waals surface area contributed by atoms with Gasteiger partial charge in [0.2, 0.25) is 5.95 Å². The van der Waals surface area contributed by atoms with Crippen molar-refractivity contribution in [1.29, 1.82) is 0 Å². The Balaban J connectivity index is 1.75. The largest absolute Gasteiger partial charge is 0.349 e. The quantitative estimate of drug-likeness (QED) is 0.736. The van der Waals surface area contributed by atoms with Gasteiger partial charge in [-0.3, -0.25) is 9.78 Å². The lowest BCUT2D eigenvalue weighted by Crippen LogP contribution is -2.17. The third kappa shape index (κ3) is 4.42. The highest BCUT2D eigenvalue weighted by Gasteiger charge is 2.12. The van der Waals surface area contributed by atoms with Crippen molar-refractivity contribution in [1.82, 2.24) is 15.0 Å². The molecule has 3 aromatic rings. The van der Waals surface area contributed by atoms with Crippen LogP contribution in [-0.2, 0) is 6.54 Å². The second kappa shape index (κ2) is 7.74. The number of amides is 1. The van der Waals surface area contributed by atoms with E-state index < -0.39 is 0 Å². The first-order valence-corrected chi connectivity index (χ1v) is 8.39. The molecule has 0 aliphatic heterocycles. The summed E-state index contributed by atoms with van der Waals surface area (Å²) in [4.78, 5) is 25.5. The van der Waals surface area contributed by atoms with E-state index in [1.165, 1.54) is 0 Å². The van der Waals surface area contributed by atoms with Gasteiger partial charge in [0.1, 0.15) is 5.69 Å². The van der Waals surface area contributed by atoms with Crippen molar-refractivity contribution in [3.05, 3.63) is 76.9 Å². The van der Waals surface area contributed by atoms with E-state index in [2.05, 4.69) is 25.6 Å². The first-order chi connectivity index (χ1) is 12.5. The van der Waals surface area contributed by atoms with Crippen LogP contribution in [0.1, 0.15) is 33.0 Å². The summed E-state index contributed by atoms with van der Waals surface area (Å²) in [5, 5.41) is 6.03. The molecule has 0 unspecified atom stereocenters. The molecule has 1 amide bonds. The maximum atomic E-state index is 12.6. The van der Waals surface area contributed by atoms with E-state index in [4.69, 9.17) is 0 Å². The number of hydrogen-bond donors (Lipinski definition) is 2. The number of nitrogens with one attached hydrogen (secondary N) is 2. The van der Waals surface area contributed by atoms with Crippen molar-refractivity contribution in [2.24, 2.45) is 0 Å². The van der Waals surface area contributed by atoms with Crippen molar-refractivity contribution < 1.29 is 4.79 Å².